The van der Waals surface area contributed by atoms with Gasteiger partial charge in [0.25, 0.3) is 0 Å². The van der Waals surface area contributed by atoms with E-state index in [0.717, 1.165) is 4.47 Å². The van der Waals surface area contributed by atoms with E-state index in [-0.39, 0.29) is 24.1 Å². The quantitative estimate of drug-likeness (QED) is 0.782. The molecule has 0 spiro atoms. The molecule has 1 unspecified atom stereocenters. The van der Waals surface area contributed by atoms with E-state index in [4.69, 9.17) is 5.11 Å². The Hall–Kier alpha value is -1.07. The monoisotopic (exact) mass is 301 g/mol. The lowest BCUT2D eigenvalue weighted by atomic mass is 10.0. The second-order valence-electron chi connectivity index (χ2n) is 4.17. The first-order valence-corrected chi connectivity index (χ1v) is 6.15. The van der Waals surface area contributed by atoms with Crippen molar-refractivity contribution in [1.29, 1.82) is 0 Å². The Kier molecular flexibility index (Phi) is 4.96. The summed E-state index contributed by atoms with van der Waals surface area (Å²) in [5, 5.41) is 21.4. The maximum Gasteiger partial charge on any atom is 0.337 e. The van der Waals surface area contributed by atoms with Crippen LogP contribution in [0.3, 0.4) is 0 Å². The second-order valence-corrected chi connectivity index (χ2v) is 5.09. The summed E-state index contributed by atoms with van der Waals surface area (Å²) in [4.78, 5) is 11.1. The molecular weight excluding hydrogens is 286 g/mol. The molecule has 17 heavy (non-hydrogen) atoms. The highest BCUT2D eigenvalue weighted by Crippen LogP contribution is 2.23. The fraction of sp³-hybridized carbons (Fsp3) is 0.417. The highest BCUT2D eigenvalue weighted by atomic mass is 79.9. The number of halogens is 1. The number of rotatable bonds is 5. The third-order valence-corrected chi connectivity index (χ3v) is 3.05. The van der Waals surface area contributed by atoms with Gasteiger partial charge in [-0.05, 0) is 24.1 Å². The summed E-state index contributed by atoms with van der Waals surface area (Å²) in [5.74, 6) is -0.777. The van der Waals surface area contributed by atoms with Gasteiger partial charge in [-0.15, -0.1) is 0 Å². The topological polar surface area (TPSA) is 69.6 Å². The van der Waals surface area contributed by atoms with Crippen LogP contribution in [-0.4, -0.2) is 28.8 Å². The predicted molar refractivity (Wildman–Crippen MR) is 70.4 cm³/mol. The van der Waals surface area contributed by atoms with Gasteiger partial charge in [-0.2, -0.15) is 0 Å². The fourth-order valence-electron chi connectivity index (χ4n) is 1.45. The zero-order valence-electron chi connectivity index (χ0n) is 9.77. The summed E-state index contributed by atoms with van der Waals surface area (Å²) < 4.78 is 0.797. The van der Waals surface area contributed by atoms with Gasteiger partial charge in [-0.25, -0.2) is 4.79 Å². The lowest BCUT2D eigenvalue weighted by Gasteiger charge is -2.22. The highest BCUT2D eigenvalue weighted by Gasteiger charge is 2.16. The number of aromatic carboxylic acids is 1. The maximum absolute atomic E-state index is 11.1. The molecule has 0 aliphatic rings. The number of aliphatic hydroxyl groups excluding tert-OH is 1. The van der Waals surface area contributed by atoms with Crippen LogP contribution in [0.1, 0.15) is 24.2 Å². The molecule has 0 amide bonds. The van der Waals surface area contributed by atoms with E-state index in [2.05, 4.69) is 21.2 Å². The average molecular weight is 302 g/mol. The van der Waals surface area contributed by atoms with E-state index in [0.29, 0.717) is 5.69 Å². The van der Waals surface area contributed by atoms with E-state index in [1.165, 1.54) is 6.07 Å². The van der Waals surface area contributed by atoms with Crippen LogP contribution >= 0.6 is 15.9 Å². The summed E-state index contributed by atoms with van der Waals surface area (Å²) in [6.45, 7) is 3.89. The molecule has 0 fully saturated rings. The van der Waals surface area contributed by atoms with Gasteiger partial charge < -0.3 is 15.5 Å². The minimum absolute atomic E-state index is 0.0385. The van der Waals surface area contributed by atoms with E-state index in [1.807, 2.05) is 13.8 Å². The number of anilines is 1. The Bertz CT molecular complexity index is 407. The minimum Gasteiger partial charge on any atom is -0.478 e. The summed E-state index contributed by atoms with van der Waals surface area (Å²) >= 11 is 3.30. The summed E-state index contributed by atoms with van der Waals surface area (Å²) in [6.07, 6.45) is 0. The first-order chi connectivity index (χ1) is 7.95. The van der Waals surface area contributed by atoms with Crippen molar-refractivity contribution in [3.63, 3.8) is 0 Å². The molecule has 0 aliphatic carbocycles. The Balaban J connectivity index is 3.03. The Morgan fingerprint density at radius 3 is 2.59 bits per heavy atom. The van der Waals surface area contributed by atoms with Crippen LogP contribution in [-0.2, 0) is 0 Å². The maximum atomic E-state index is 11.1. The van der Waals surface area contributed by atoms with Crippen molar-refractivity contribution in [2.45, 2.75) is 19.9 Å². The summed E-state index contributed by atoms with van der Waals surface area (Å²) in [6, 6.07) is 4.75. The van der Waals surface area contributed by atoms with E-state index < -0.39 is 5.97 Å². The predicted octanol–water partition coefficient (Wildman–Crippen LogP) is 2.58. The van der Waals surface area contributed by atoms with Crippen LogP contribution < -0.4 is 5.32 Å². The second kappa shape index (κ2) is 6.02. The molecule has 5 heteroatoms. The molecule has 1 aromatic carbocycles. The smallest absolute Gasteiger partial charge is 0.337 e. The van der Waals surface area contributed by atoms with Gasteiger partial charge in [0, 0.05) is 4.47 Å². The van der Waals surface area contributed by atoms with Crippen LogP contribution in [0.5, 0.6) is 0 Å². The number of benzene rings is 1. The molecule has 1 aromatic rings. The number of nitrogens with one attached hydrogen (secondary N) is 1. The summed E-state index contributed by atoms with van der Waals surface area (Å²) in [7, 11) is 0. The average Bonchev–Trinajstić information content (AvgIpc) is 2.25. The lowest BCUT2D eigenvalue weighted by Crippen LogP contribution is -2.30. The molecule has 1 atom stereocenters. The minimum atomic E-state index is -0.986. The number of aliphatic hydroxyl groups is 1. The lowest BCUT2D eigenvalue weighted by molar-refractivity contribution is 0.0697. The van der Waals surface area contributed by atoms with Crippen LogP contribution in [0.15, 0.2) is 22.7 Å². The van der Waals surface area contributed by atoms with Crippen molar-refractivity contribution < 1.29 is 15.0 Å². The first kappa shape index (κ1) is 14.0. The van der Waals surface area contributed by atoms with Crippen LogP contribution in [0, 0.1) is 5.92 Å². The van der Waals surface area contributed by atoms with Gasteiger partial charge in [0.1, 0.15) is 0 Å². The number of hydrogen-bond acceptors (Lipinski definition) is 3. The van der Waals surface area contributed by atoms with Gasteiger partial charge in [0.15, 0.2) is 0 Å². The molecule has 0 heterocycles. The molecule has 0 aliphatic heterocycles. The van der Waals surface area contributed by atoms with Crippen LogP contribution in [0.25, 0.3) is 0 Å². The number of hydrogen-bond donors (Lipinski definition) is 3. The zero-order chi connectivity index (χ0) is 13.0. The third kappa shape index (κ3) is 3.71. The molecule has 4 nitrogen and oxygen atoms in total. The SMILES string of the molecule is CC(C)C(CO)Nc1cc(Br)ccc1C(=O)O. The Morgan fingerprint density at radius 1 is 1.47 bits per heavy atom. The van der Waals surface area contributed by atoms with Gasteiger partial charge in [-0.1, -0.05) is 29.8 Å². The van der Waals surface area contributed by atoms with Gasteiger partial charge in [0.2, 0.25) is 0 Å². The molecule has 0 saturated heterocycles. The van der Waals surface area contributed by atoms with E-state index in [9.17, 15) is 9.90 Å². The van der Waals surface area contributed by atoms with Crippen molar-refractivity contribution in [2.24, 2.45) is 5.92 Å². The normalized spacial score (nSPS) is 12.5. The molecular formula is C12H16BrNO3. The third-order valence-electron chi connectivity index (χ3n) is 2.55. The van der Waals surface area contributed by atoms with Crippen molar-refractivity contribution in [3.8, 4) is 0 Å². The molecule has 0 aromatic heterocycles. The van der Waals surface area contributed by atoms with Crippen LogP contribution in [0.2, 0.25) is 0 Å². The fourth-order valence-corrected chi connectivity index (χ4v) is 1.81. The van der Waals surface area contributed by atoms with E-state index in [1.54, 1.807) is 12.1 Å². The zero-order valence-corrected chi connectivity index (χ0v) is 11.4. The highest BCUT2D eigenvalue weighted by molar-refractivity contribution is 9.10. The number of carbonyl (C=O) groups is 1. The Labute approximate surface area is 109 Å². The molecule has 0 saturated carbocycles. The molecule has 0 bridgehead atoms. The van der Waals surface area contributed by atoms with Crippen molar-refractivity contribution in [2.75, 3.05) is 11.9 Å². The van der Waals surface area contributed by atoms with Crippen molar-refractivity contribution in [1.82, 2.24) is 0 Å². The molecule has 1 rings (SSSR count). The molecule has 3 N–H and O–H groups in total. The molecule has 0 radical (unpaired) electrons. The first-order valence-electron chi connectivity index (χ1n) is 5.36. The standard InChI is InChI=1S/C12H16BrNO3/c1-7(2)11(6-15)14-10-5-8(13)3-4-9(10)12(16)17/h3-5,7,11,14-15H,6H2,1-2H3,(H,16,17). The van der Waals surface area contributed by atoms with Gasteiger partial charge in [-0.3, -0.25) is 0 Å². The largest absolute Gasteiger partial charge is 0.478 e. The van der Waals surface area contributed by atoms with Gasteiger partial charge in [0.05, 0.1) is 23.9 Å². The molecule has 94 valence electrons. The van der Waals surface area contributed by atoms with E-state index >= 15 is 0 Å². The Morgan fingerprint density at radius 2 is 2.12 bits per heavy atom. The number of carboxylic acid groups (broad SMARTS) is 1. The summed E-state index contributed by atoms with van der Waals surface area (Å²) in [5.41, 5.74) is 0.715. The van der Waals surface area contributed by atoms with Crippen molar-refractivity contribution >= 4 is 27.6 Å². The number of carboxylic acids is 1. The van der Waals surface area contributed by atoms with Gasteiger partial charge >= 0.3 is 5.97 Å². The van der Waals surface area contributed by atoms with Crippen molar-refractivity contribution in [3.05, 3.63) is 28.2 Å². The van der Waals surface area contributed by atoms with Crippen LogP contribution in [0.4, 0.5) is 5.69 Å².